The Morgan fingerprint density at radius 2 is 1.79 bits per heavy atom. The minimum atomic E-state index is -0.405. The highest BCUT2D eigenvalue weighted by Crippen LogP contribution is 2.13. The molecule has 0 aliphatic heterocycles. The Labute approximate surface area is 140 Å². The number of nitrogens with one attached hydrogen (secondary N) is 2. The molecule has 2 N–H and O–H groups in total. The van der Waals surface area contributed by atoms with Crippen LogP contribution in [0.5, 0.6) is 0 Å². The van der Waals surface area contributed by atoms with Gasteiger partial charge in [0.25, 0.3) is 5.91 Å². The number of benzene rings is 2. The Morgan fingerprint density at radius 3 is 2.50 bits per heavy atom. The molecule has 2 amide bonds. The van der Waals surface area contributed by atoms with Crippen molar-refractivity contribution in [1.29, 1.82) is 0 Å². The summed E-state index contributed by atoms with van der Waals surface area (Å²) < 4.78 is 13.5. The summed E-state index contributed by atoms with van der Waals surface area (Å²) in [6.07, 6.45) is 0.351. The van der Waals surface area contributed by atoms with E-state index in [4.69, 9.17) is 0 Å². The van der Waals surface area contributed by atoms with E-state index in [0.29, 0.717) is 11.1 Å². The number of carbonyl (C=O) groups is 2. The number of anilines is 1. The first-order valence-electron chi connectivity index (χ1n) is 7.57. The second-order valence-electron chi connectivity index (χ2n) is 5.54. The number of rotatable bonds is 5. The van der Waals surface area contributed by atoms with Gasteiger partial charge in [0.1, 0.15) is 5.82 Å². The standard InChI is InChI=1S/C18H20FN3O2/c1-22(2)15-8-5-7-14(12-15)18(24)21-20-17(23)11-10-13-6-3-4-9-16(13)19/h3-9,12H,10-11H2,1-2H3,(H,20,23)(H,21,24). The van der Waals surface area contributed by atoms with E-state index in [-0.39, 0.29) is 24.6 Å². The molecule has 0 fully saturated rings. The maximum Gasteiger partial charge on any atom is 0.269 e. The van der Waals surface area contributed by atoms with Crippen LogP contribution in [-0.2, 0) is 11.2 Å². The lowest BCUT2D eigenvalue weighted by molar-refractivity contribution is -0.121. The summed E-state index contributed by atoms with van der Waals surface area (Å²) in [4.78, 5) is 25.7. The molecule has 2 aromatic rings. The number of hydrogen-bond acceptors (Lipinski definition) is 3. The molecule has 2 rings (SSSR count). The Morgan fingerprint density at radius 1 is 1.04 bits per heavy atom. The summed E-state index contributed by atoms with van der Waals surface area (Å²) in [5.41, 5.74) is 6.50. The van der Waals surface area contributed by atoms with Gasteiger partial charge in [-0.15, -0.1) is 0 Å². The Balaban J connectivity index is 1.84. The summed E-state index contributed by atoms with van der Waals surface area (Å²) >= 11 is 0. The van der Waals surface area contributed by atoms with Gasteiger partial charge in [0.05, 0.1) is 0 Å². The molecule has 0 aromatic heterocycles. The fourth-order valence-corrected chi connectivity index (χ4v) is 2.14. The van der Waals surface area contributed by atoms with Crippen LogP contribution in [0.25, 0.3) is 0 Å². The van der Waals surface area contributed by atoms with E-state index in [1.165, 1.54) is 6.07 Å². The largest absolute Gasteiger partial charge is 0.378 e. The first-order valence-corrected chi connectivity index (χ1v) is 7.57. The molecule has 0 saturated carbocycles. The van der Waals surface area contributed by atoms with Crippen LogP contribution >= 0.6 is 0 Å². The molecule has 0 aliphatic rings. The van der Waals surface area contributed by atoms with E-state index in [1.807, 2.05) is 25.1 Å². The zero-order valence-corrected chi connectivity index (χ0v) is 13.7. The van der Waals surface area contributed by atoms with Crippen molar-refractivity contribution in [1.82, 2.24) is 10.9 Å². The van der Waals surface area contributed by atoms with E-state index < -0.39 is 5.91 Å². The highest BCUT2D eigenvalue weighted by Gasteiger charge is 2.09. The molecule has 0 unspecified atom stereocenters. The predicted molar refractivity (Wildman–Crippen MR) is 91.1 cm³/mol. The van der Waals surface area contributed by atoms with Crippen molar-refractivity contribution in [2.24, 2.45) is 0 Å². The number of aryl methyl sites for hydroxylation is 1. The average molecular weight is 329 g/mol. The van der Waals surface area contributed by atoms with E-state index in [9.17, 15) is 14.0 Å². The number of hydrazine groups is 1. The highest BCUT2D eigenvalue weighted by atomic mass is 19.1. The van der Waals surface area contributed by atoms with Crippen LogP contribution in [0.1, 0.15) is 22.3 Å². The Hall–Kier alpha value is -2.89. The van der Waals surface area contributed by atoms with Gasteiger partial charge < -0.3 is 4.90 Å². The SMILES string of the molecule is CN(C)c1cccc(C(=O)NNC(=O)CCc2ccccc2F)c1. The van der Waals surface area contributed by atoms with Crippen LogP contribution in [0.3, 0.4) is 0 Å². The number of halogens is 1. The van der Waals surface area contributed by atoms with Crippen molar-refractivity contribution in [3.8, 4) is 0 Å². The van der Waals surface area contributed by atoms with Gasteiger partial charge in [0.15, 0.2) is 0 Å². The average Bonchev–Trinajstić information content (AvgIpc) is 2.59. The van der Waals surface area contributed by atoms with Gasteiger partial charge in [-0.2, -0.15) is 0 Å². The Kier molecular flexibility index (Phi) is 5.89. The predicted octanol–water partition coefficient (Wildman–Crippen LogP) is 2.29. The van der Waals surface area contributed by atoms with Gasteiger partial charge in [-0.05, 0) is 36.2 Å². The van der Waals surface area contributed by atoms with Crippen LogP contribution in [-0.4, -0.2) is 25.9 Å². The minimum absolute atomic E-state index is 0.0823. The van der Waals surface area contributed by atoms with E-state index in [0.717, 1.165) is 5.69 Å². The van der Waals surface area contributed by atoms with Crippen molar-refractivity contribution in [3.05, 3.63) is 65.5 Å². The molecule has 6 heteroatoms. The zero-order chi connectivity index (χ0) is 17.5. The van der Waals surface area contributed by atoms with Crippen molar-refractivity contribution in [2.45, 2.75) is 12.8 Å². The molecule has 126 valence electrons. The van der Waals surface area contributed by atoms with Gasteiger partial charge in [-0.1, -0.05) is 24.3 Å². The fraction of sp³-hybridized carbons (Fsp3) is 0.222. The van der Waals surface area contributed by atoms with Crippen molar-refractivity contribution < 1.29 is 14.0 Å². The first kappa shape index (κ1) is 17.5. The van der Waals surface area contributed by atoms with Crippen LogP contribution in [0.2, 0.25) is 0 Å². The fourth-order valence-electron chi connectivity index (χ4n) is 2.14. The van der Waals surface area contributed by atoms with Crippen molar-refractivity contribution >= 4 is 17.5 Å². The summed E-state index contributed by atoms with van der Waals surface area (Å²) in [7, 11) is 3.75. The molecule has 0 spiro atoms. The molecular formula is C18H20FN3O2. The lowest BCUT2D eigenvalue weighted by Gasteiger charge is -2.13. The second kappa shape index (κ2) is 8.10. The third kappa shape index (κ3) is 4.81. The molecule has 5 nitrogen and oxygen atoms in total. The topological polar surface area (TPSA) is 61.4 Å². The number of amides is 2. The summed E-state index contributed by atoms with van der Waals surface area (Å²) in [5, 5.41) is 0. The van der Waals surface area contributed by atoms with Gasteiger partial charge in [0, 0.05) is 31.8 Å². The minimum Gasteiger partial charge on any atom is -0.378 e. The lowest BCUT2D eigenvalue weighted by Crippen LogP contribution is -2.41. The Bertz CT molecular complexity index is 732. The quantitative estimate of drug-likeness (QED) is 0.828. The van der Waals surface area contributed by atoms with Gasteiger partial charge in [0.2, 0.25) is 5.91 Å². The zero-order valence-electron chi connectivity index (χ0n) is 13.7. The number of nitrogens with zero attached hydrogens (tertiary/aromatic N) is 1. The first-order chi connectivity index (χ1) is 11.5. The maximum absolute atomic E-state index is 13.5. The second-order valence-corrected chi connectivity index (χ2v) is 5.54. The maximum atomic E-state index is 13.5. The normalized spacial score (nSPS) is 10.1. The summed E-state index contributed by atoms with van der Waals surface area (Å²) in [5.74, 6) is -1.12. The monoisotopic (exact) mass is 329 g/mol. The van der Waals surface area contributed by atoms with Gasteiger partial charge >= 0.3 is 0 Å². The molecule has 0 aliphatic carbocycles. The van der Waals surface area contributed by atoms with E-state index >= 15 is 0 Å². The van der Waals surface area contributed by atoms with E-state index in [2.05, 4.69) is 10.9 Å². The van der Waals surface area contributed by atoms with Gasteiger partial charge in [-0.3, -0.25) is 20.4 Å². The van der Waals surface area contributed by atoms with Crippen molar-refractivity contribution in [2.75, 3.05) is 19.0 Å². The van der Waals surface area contributed by atoms with Crippen LogP contribution in [0.4, 0.5) is 10.1 Å². The lowest BCUT2D eigenvalue weighted by atomic mass is 10.1. The molecule has 0 heterocycles. The smallest absolute Gasteiger partial charge is 0.269 e. The van der Waals surface area contributed by atoms with E-state index in [1.54, 1.807) is 36.4 Å². The number of hydrogen-bond donors (Lipinski definition) is 2. The molecular weight excluding hydrogens is 309 g/mol. The summed E-state index contributed by atoms with van der Waals surface area (Å²) in [6, 6.07) is 13.3. The third-order valence-electron chi connectivity index (χ3n) is 3.52. The third-order valence-corrected chi connectivity index (χ3v) is 3.52. The molecule has 0 bridgehead atoms. The molecule has 0 saturated heterocycles. The highest BCUT2D eigenvalue weighted by molar-refractivity contribution is 5.96. The molecule has 0 radical (unpaired) electrons. The molecule has 24 heavy (non-hydrogen) atoms. The summed E-state index contributed by atoms with van der Waals surface area (Å²) in [6.45, 7) is 0. The number of carbonyl (C=O) groups excluding carboxylic acids is 2. The van der Waals surface area contributed by atoms with Crippen molar-refractivity contribution in [3.63, 3.8) is 0 Å². The molecule has 0 atom stereocenters. The van der Waals surface area contributed by atoms with Crippen LogP contribution in [0.15, 0.2) is 48.5 Å². The molecule has 2 aromatic carbocycles. The van der Waals surface area contributed by atoms with Crippen LogP contribution < -0.4 is 15.8 Å². The van der Waals surface area contributed by atoms with Crippen LogP contribution in [0, 0.1) is 5.82 Å². The van der Waals surface area contributed by atoms with Gasteiger partial charge in [-0.25, -0.2) is 4.39 Å².